The average Bonchev–Trinajstić information content (AvgIpc) is 2.38. The van der Waals surface area contributed by atoms with E-state index in [4.69, 9.17) is 0 Å². The number of nitriles is 1. The first-order chi connectivity index (χ1) is 8.26. The van der Waals surface area contributed by atoms with Gasteiger partial charge in [-0.3, -0.25) is 4.79 Å². The van der Waals surface area contributed by atoms with Crippen LogP contribution in [0.4, 0.5) is 0 Å². The summed E-state index contributed by atoms with van der Waals surface area (Å²) in [5.41, 5.74) is 1.67. The van der Waals surface area contributed by atoms with E-state index in [-0.39, 0.29) is 11.8 Å². The molecule has 0 spiro atoms. The molecule has 0 unspecified atom stereocenters. The van der Waals surface area contributed by atoms with Crippen molar-refractivity contribution in [3.05, 3.63) is 46.5 Å². The molecule has 1 aliphatic rings. The van der Waals surface area contributed by atoms with Crippen LogP contribution in [-0.4, -0.2) is 12.2 Å². The van der Waals surface area contributed by atoms with E-state index in [2.05, 4.69) is 11.4 Å². The van der Waals surface area contributed by atoms with E-state index < -0.39 is 0 Å². The van der Waals surface area contributed by atoms with Crippen molar-refractivity contribution in [3.8, 4) is 6.07 Å². The van der Waals surface area contributed by atoms with Crippen LogP contribution >= 0.6 is 11.8 Å². The third-order valence-corrected chi connectivity index (χ3v) is 3.49. The van der Waals surface area contributed by atoms with E-state index in [9.17, 15) is 10.1 Å². The Hall–Kier alpha value is -1.73. The number of hydrogen-bond donors (Lipinski definition) is 1. The fraction of sp³-hybridized carbons (Fsp3) is 0.231. The summed E-state index contributed by atoms with van der Waals surface area (Å²) in [6.45, 7) is 0. The summed E-state index contributed by atoms with van der Waals surface area (Å²) in [7, 11) is 0. The molecule has 2 rings (SSSR count). The highest BCUT2D eigenvalue weighted by Gasteiger charge is 2.28. The molecule has 0 radical (unpaired) electrons. The Morgan fingerprint density at radius 2 is 2.12 bits per heavy atom. The van der Waals surface area contributed by atoms with Crippen molar-refractivity contribution in [1.82, 2.24) is 5.32 Å². The van der Waals surface area contributed by atoms with E-state index in [1.807, 2.05) is 36.6 Å². The Bertz CT molecular complexity index is 502. The summed E-state index contributed by atoms with van der Waals surface area (Å²) in [5, 5.41) is 12.7. The van der Waals surface area contributed by atoms with Crippen LogP contribution in [0.15, 0.2) is 40.9 Å². The van der Waals surface area contributed by atoms with Gasteiger partial charge in [-0.25, -0.2) is 0 Å². The zero-order chi connectivity index (χ0) is 12.3. The van der Waals surface area contributed by atoms with E-state index in [1.165, 1.54) is 11.8 Å². The summed E-state index contributed by atoms with van der Waals surface area (Å²) in [6, 6.07) is 11.9. The second-order valence-electron chi connectivity index (χ2n) is 3.77. The smallest absolute Gasteiger partial charge is 0.225 e. The molecule has 1 atom stereocenters. The standard InChI is InChI=1S/C13H12N2OS/c1-17-13-11(8-14)10(7-12(16)15-13)9-5-3-2-4-6-9/h2-6,10H,7H2,1H3,(H,15,16)/t10-/m0/s1. The summed E-state index contributed by atoms with van der Waals surface area (Å²) in [5.74, 6) is -0.139. The predicted molar refractivity (Wildman–Crippen MR) is 68.1 cm³/mol. The van der Waals surface area contributed by atoms with Crippen LogP contribution < -0.4 is 5.32 Å². The zero-order valence-corrected chi connectivity index (χ0v) is 10.3. The Balaban J connectivity index is 2.46. The number of allylic oxidation sites excluding steroid dienone is 1. The number of carbonyl (C=O) groups is 1. The molecule has 0 aromatic heterocycles. The van der Waals surface area contributed by atoms with Gasteiger partial charge in [0.25, 0.3) is 0 Å². The highest BCUT2D eigenvalue weighted by molar-refractivity contribution is 8.02. The normalized spacial score (nSPS) is 19.8. The fourth-order valence-corrected chi connectivity index (χ4v) is 2.57. The number of hydrogen-bond acceptors (Lipinski definition) is 3. The van der Waals surface area contributed by atoms with E-state index >= 15 is 0 Å². The minimum atomic E-state index is -0.114. The van der Waals surface area contributed by atoms with E-state index in [0.29, 0.717) is 17.0 Å². The molecule has 1 aliphatic heterocycles. The maximum atomic E-state index is 11.6. The van der Waals surface area contributed by atoms with Crippen LogP contribution in [0.5, 0.6) is 0 Å². The van der Waals surface area contributed by atoms with Crippen LogP contribution in [0.2, 0.25) is 0 Å². The van der Waals surface area contributed by atoms with Crippen molar-refractivity contribution >= 4 is 17.7 Å². The number of nitrogens with zero attached hydrogens (tertiary/aromatic N) is 1. The minimum absolute atomic E-state index is 0.0257. The van der Waals surface area contributed by atoms with E-state index in [1.54, 1.807) is 0 Å². The minimum Gasteiger partial charge on any atom is -0.320 e. The van der Waals surface area contributed by atoms with Gasteiger partial charge in [-0.2, -0.15) is 5.26 Å². The quantitative estimate of drug-likeness (QED) is 0.869. The molecule has 0 bridgehead atoms. The maximum Gasteiger partial charge on any atom is 0.225 e. The number of rotatable bonds is 2. The molecule has 3 nitrogen and oxygen atoms in total. The van der Waals surface area contributed by atoms with Gasteiger partial charge in [0.05, 0.1) is 16.7 Å². The van der Waals surface area contributed by atoms with Gasteiger partial charge in [-0.05, 0) is 11.8 Å². The molecule has 0 saturated heterocycles. The van der Waals surface area contributed by atoms with Crippen molar-refractivity contribution in [3.63, 3.8) is 0 Å². The molecular weight excluding hydrogens is 232 g/mol. The lowest BCUT2D eigenvalue weighted by atomic mass is 9.87. The second kappa shape index (κ2) is 5.07. The van der Waals surface area contributed by atoms with Crippen molar-refractivity contribution in [2.24, 2.45) is 0 Å². The molecule has 0 aliphatic carbocycles. The lowest BCUT2D eigenvalue weighted by molar-refractivity contribution is -0.120. The lowest BCUT2D eigenvalue weighted by Gasteiger charge is -2.24. The third-order valence-electron chi connectivity index (χ3n) is 2.76. The molecule has 0 fully saturated rings. The molecule has 1 aromatic rings. The van der Waals surface area contributed by atoms with Gasteiger partial charge < -0.3 is 5.32 Å². The topological polar surface area (TPSA) is 52.9 Å². The number of nitrogens with one attached hydrogen (secondary N) is 1. The summed E-state index contributed by atoms with van der Waals surface area (Å²) in [4.78, 5) is 11.6. The largest absolute Gasteiger partial charge is 0.320 e. The molecule has 1 heterocycles. The van der Waals surface area contributed by atoms with Gasteiger partial charge in [0.2, 0.25) is 5.91 Å². The predicted octanol–water partition coefficient (Wildman–Crippen LogP) is 2.39. The SMILES string of the molecule is CSC1=C(C#N)[C@H](c2ccccc2)CC(=O)N1. The zero-order valence-electron chi connectivity index (χ0n) is 9.43. The Morgan fingerprint density at radius 3 is 2.71 bits per heavy atom. The Kier molecular flexibility index (Phi) is 3.50. The van der Waals surface area contributed by atoms with Gasteiger partial charge in [-0.15, -0.1) is 11.8 Å². The first-order valence-corrected chi connectivity index (χ1v) is 6.51. The number of amides is 1. The molecule has 0 saturated carbocycles. The van der Waals surface area contributed by atoms with Gasteiger partial charge in [0.1, 0.15) is 0 Å². The summed E-state index contributed by atoms with van der Waals surface area (Å²) >= 11 is 1.41. The molecule has 1 amide bonds. The Labute approximate surface area is 105 Å². The van der Waals surface area contributed by atoms with Crippen LogP contribution in [0.3, 0.4) is 0 Å². The van der Waals surface area contributed by atoms with Crippen LogP contribution in [0, 0.1) is 11.3 Å². The summed E-state index contributed by atoms with van der Waals surface area (Å²) in [6.07, 6.45) is 2.21. The third kappa shape index (κ3) is 2.34. The monoisotopic (exact) mass is 244 g/mol. The first kappa shape index (κ1) is 11.7. The van der Waals surface area contributed by atoms with Gasteiger partial charge >= 0.3 is 0 Å². The molecule has 86 valence electrons. The fourth-order valence-electron chi connectivity index (χ4n) is 1.95. The Morgan fingerprint density at radius 1 is 1.41 bits per heavy atom. The molecule has 1 aromatic carbocycles. The summed E-state index contributed by atoms with van der Waals surface area (Å²) < 4.78 is 0. The molecule has 1 N–H and O–H groups in total. The first-order valence-electron chi connectivity index (χ1n) is 5.29. The van der Waals surface area contributed by atoms with Gasteiger partial charge in [0, 0.05) is 12.3 Å². The second-order valence-corrected chi connectivity index (χ2v) is 4.59. The van der Waals surface area contributed by atoms with Gasteiger partial charge in [-0.1, -0.05) is 30.3 Å². The maximum absolute atomic E-state index is 11.6. The van der Waals surface area contributed by atoms with Crippen LogP contribution in [-0.2, 0) is 4.79 Å². The number of thioether (sulfide) groups is 1. The van der Waals surface area contributed by atoms with Crippen molar-refractivity contribution < 1.29 is 4.79 Å². The molecular formula is C13H12N2OS. The van der Waals surface area contributed by atoms with Crippen molar-refractivity contribution in [2.75, 3.05) is 6.26 Å². The van der Waals surface area contributed by atoms with Crippen LogP contribution in [0.25, 0.3) is 0 Å². The van der Waals surface area contributed by atoms with Crippen molar-refractivity contribution in [2.45, 2.75) is 12.3 Å². The van der Waals surface area contributed by atoms with Gasteiger partial charge in [0.15, 0.2) is 0 Å². The van der Waals surface area contributed by atoms with E-state index in [0.717, 1.165) is 5.56 Å². The highest BCUT2D eigenvalue weighted by atomic mass is 32.2. The molecule has 17 heavy (non-hydrogen) atoms. The highest BCUT2D eigenvalue weighted by Crippen LogP contribution is 2.34. The number of carbonyl (C=O) groups excluding carboxylic acids is 1. The average molecular weight is 244 g/mol. The van der Waals surface area contributed by atoms with Crippen LogP contribution in [0.1, 0.15) is 17.9 Å². The lowest BCUT2D eigenvalue weighted by Crippen LogP contribution is -2.30. The molecule has 4 heteroatoms. The number of benzene rings is 1. The van der Waals surface area contributed by atoms with Crippen molar-refractivity contribution in [1.29, 1.82) is 5.26 Å².